The number of nitrogen functional groups attached to an aromatic ring is 1. The molecule has 21 heavy (non-hydrogen) atoms. The highest BCUT2D eigenvalue weighted by Gasteiger charge is 2.20. The highest BCUT2D eigenvalue weighted by molar-refractivity contribution is 6.28. The van der Waals surface area contributed by atoms with E-state index in [9.17, 15) is 4.39 Å². The summed E-state index contributed by atoms with van der Waals surface area (Å²) in [6.07, 6.45) is 0.455. The molecule has 2 N–H and O–H groups in total. The summed E-state index contributed by atoms with van der Waals surface area (Å²) in [5.41, 5.74) is 7.67. The Morgan fingerprint density at radius 2 is 1.90 bits per heavy atom. The Kier molecular flexibility index (Phi) is 4.34. The monoisotopic (exact) mass is 326 g/mol. The van der Waals surface area contributed by atoms with Crippen molar-refractivity contribution in [3.8, 4) is 0 Å². The Morgan fingerprint density at radius 3 is 2.57 bits per heavy atom. The molecule has 0 saturated heterocycles. The average molecular weight is 327 g/mol. The number of aromatic nitrogens is 3. The molecule has 110 valence electrons. The van der Waals surface area contributed by atoms with Crippen LogP contribution in [-0.4, -0.2) is 14.5 Å². The third-order valence-corrected chi connectivity index (χ3v) is 3.47. The van der Waals surface area contributed by atoms with Gasteiger partial charge >= 0.3 is 0 Å². The van der Waals surface area contributed by atoms with Gasteiger partial charge in [-0.05, 0) is 17.2 Å². The highest BCUT2D eigenvalue weighted by atomic mass is 35.5. The zero-order valence-electron chi connectivity index (χ0n) is 11.2. The lowest BCUT2D eigenvalue weighted by molar-refractivity contribution is 0.613. The molecular formula is C14H13Cl2FN4. The van der Waals surface area contributed by atoms with Crippen LogP contribution in [0.5, 0.6) is 0 Å². The third kappa shape index (κ3) is 2.66. The van der Waals surface area contributed by atoms with Gasteiger partial charge in [0, 0.05) is 13.5 Å². The first-order valence-corrected chi connectivity index (χ1v) is 6.45. The van der Waals surface area contributed by atoms with Crippen molar-refractivity contribution in [1.29, 1.82) is 0 Å². The molecule has 0 fully saturated rings. The first kappa shape index (κ1) is 15.5. The van der Waals surface area contributed by atoms with Crippen molar-refractivity contribution in [3.05, 3.63) is 52.7 Å². The summed E-state index contributed by atoms with van der Waals surface area (Å²) >= 11 is 5.78. The van der Waals surface area contributed by atoms with Crippen LogP contribution in [-0.2, 0) is 13.5 Å². The van der Waals surface area contributed by atoms with E-state index in [1.54, 1.807) is 11.6 Å². The van der Waals surface area contributed by atoms with Crippen LogP contribution in [0, 0.1) is 5.82 Å². The number of hydrogen-bond acceptors (Lipinski definition) is 3. The predicted octanol–water partition coefficient (Wildman–Crippen LogP) is 3.36. The largest absolute Gasteiger partial charge is 0.383 e. The Hall–Kier alpha value is -1.85. The fourth-order valence-electron chi connectivity index (χ4n) is 2.30. The lowest BCUT2D eigenvalue weighted by Gasteiger charge is -2.04. The molecule has 0 amide bonds. The molecule has 1 aromatic carbocycles. The summed E-state index contributed by atoms with van der Waals surface area (Å²) in [4.78, 5) is 7.86. The van der Waals surface area contributed by atoms with Crippen molar-refractivity contribution in [3.63, 3.8) is 0 Å². The fourth-order valence-corrected chi connectivity index (χ4v) is 2.47. The number of benzene rings is 1. The van der Waals surface area contributed by atoms with Gasteiger partial charge in [0.05, 0.1) is 11.1 Å². The van der Waals surface area contributed by atoms with Crippen LogP contribution >= 0.6 is 24.0 Å². The van der Waals surface area contributed by atoms with Gasteiger partial charge in [0.25, 0.3) is 0 Å². The van der Waals surface area contributed by atoms with Crippen molar-refractivity contribution < 1.29 is 4.39 Å². The van der Waals surface area contributed by atoms with Gasteiger partial charge in [-0.15, -0.1) is 12.4 Å². The van der Waals surface area contributed by atoms with Gasteiger partial charge < -0.3 is 10.3 Å². The van der Waals surface area contributed by atoms with E-state index in [2.05, 4.69) is 9.97 Å². The minimum Gasteiger partial charge on any atom is -0.383 e. The molecule has 0 atom stereocenters. The Balaban J connectivity index is 0.00000161. The van der Waals surface area contributed by atoms with Crippen LogP contribution in [0.4, 0.5) is 10.2 Å². The second-order valence-corrected chi connectivity index (χ2v) is 4.90. The van der Waals surface area contributed by atoms with Crippen molar-refractivity contribution in [2.24, 2.45) is 7.05 Å². The van der Waals surface area contributed by atoms with E-state index >= 15 is 0 Å². The van der Waals surface area contributed by atoms with Crippen LogP contribution in [0.3, 0.4) is 0 Å². The molecule has 0 unspecified atom stereocenters. The van der Waals surface area contributed by atoms with E-state index in [1.165, 1.54) is 0 Å². The molecule has 0 spiro atoms. The summed E-state index contributed by atoms with van der Waals surface area (Å²) in [6.45, 7) is 0. The molecule has 4 nitrogen and oxygen atoms in total. The number of fused-ring (bicyclic) bond motifs is 1. The van der Waals surface area contributed by atoms with Gasteiger partial charge in [0.2, 0.25) is 5.28 Å². The smallest absolute Gasteiger partial charge is 0.226 e. The third-order valence-electron chi connectivity index (χ3n) is 3.30. The predicted molar refractivity (Wildman–Crippen MR) is 84.4 cm³/mol. The molecule has 2 aromatic heterocycles. The van der Waals surface area contributed by atoms with Gasteiger partial charge in [-0.2, -0.15) is 4.98 Å². The average Bonchev–Trinajstić information content (AvgIpc) is 2.65. The van der Waals surface area contributed by atoms with E-state index in [1.807, 2.05) is 30.3 Å². The standard InChI is InChI=1S/C14H12ClFN4.ClH/c1-20-9(7-8-5-3-2-4-6-8)11(16)10-12(17)18-14(15)19-13(10)20;/h2-6H,7H2,1H3,(H2,17,18,19);1H. The molecule has 0 bridgehead atoms. The summed E-state index contributed by atoms with van der Waals surface area (Å²) in [6, 6.07) is 9.64. The number of halogens is 3. The van der Waals surface area contributed by atoms with E-state index in [0.717, 1.165) is 5.56 Å². The van der Waals surface area contributed by atoms with E-state index in [4.69, 9.17) is 17.3 Å². The van der Waals surface area contributed by atoms with E-state index < -0.39 is 0 Å². The second kappa shape index (κ2) is 5.87. The van der Waals surface area contributed by atoms with Crippen LogP contribution in [0.25, 0.3) is 11.0 Å². The van der Waals surface area contributed by atoms with E-state index in [-0.39, 0.29) is 34.7 Å². The fraction of sp³-hybridized carbons (Fsp3) is 0.143. The lowest BCUT2D eigenvalue weighted by Crippen LogP contribution is -2.00. The van der Waals surface area contributed by atoms with E-state index in [0.29, 0.717) is 17.8 Å². The number of anilines is 1. The molecule has 0 saturated carbocycles. The first-order chi connectivity index (χ1) is 9.58. The molecular weight excluding hydrogens is 314 g/mol. The quantitative estimate of drug-likeness (QED) is 0.734. The van der Waals surface area contributed by atoms with Crippen molar-refractivity contribution in [2.75, 3.05) is 5.73 Å². The maximum atomic E-state index is 14.5. The first-order valence-electron chi connectivity index (χ1n) is 6.07. The second-order valence-electron chi connectivity index (χ2n) is 4.56. The van der Waals surface area contributed by atoms with Gasteiger partial charge in [-0.1, -0.05) is 30.3 Å². The zero-order chi connectivity index (χ0) is 14.3. The number of rotatable bonds is 2. The molecule has 2 heterocycles. The maximum absolute atomic E-state index is 14.5. The molecule has 0 aliphatic carbocycles. The summed E-state index contributed by atoms with van der Waals surface area (Å²) < 4.78 is 16.2. The van der Waals surface area contributed by atoms with Crippen molar-refractivity contribution in [1.82, 2.24) is 14.5 Å². The number of nitrogens with two attached hydrogens (primary N) is 1. The molecule has 3 rings (SSSR count). The number of hydrogen-bond donors (Lipinski definition) is 1. The molecule has 3 aromatic rings. The highest BCUT2D eigenvalue weighted by Crippen LogP contribution is 2.28. The lowest BCUT2D eigenvalue weighted by atomic mass is 10.1. The summed E-state index contributed by atoms with van der Waals surface area (Å²) in [7, 11) is 1.74. The zero-order valence-corrected chi connectivity index (χ0v) is 12.7. The SMILES string of the molecule is Cl.Cn1c(Cc2ccccc2)c(F)c2c(N)nc(Cl)nc21. The van der Waals surface area contributed by atoms with Crippen LogP contribution in [0.1, 0.15) is 11.3 Å². The summed E-state index contributed by atoms with van der Waals surface area (Å²) in [5, 5.41) is 0.240. The Labute approximate surface area is 132 Å². The van der Waals surface area contributed by atoms with Crippen LogP contribution < -0.4 is 5.73 Å². The molecule has 0 aliphatic rings. The van der Waals surface area contributed by atoms with Crippen LogP contribution in [0.15, 0.2) is 30.3 Å². The van der Waals surface area contributed by atoms with Crippen molar-refractivity contribution in [2.45, 2.75) is 6.42 Å². The normalized spacial score (nSPS) is 10.6. The topological polar surface area (TPSA) is 56.7 Å². The Bertz CT molecular complexity index is 787. The van der Waals surface area contributed by atoms with Crippen molar-refractivity contribution >= 4 is 40.9 Å². The molecule has 7 heteroatoms. The Morgan fingerprint density at radius 1 is 1.24 bits per heavy atom. The van der Waals surface area contributed by atoms with Gasteiger partial charge in [0.15, 0.2) is 5.82 Å². The van der Waals surface area contributed by atoms with Gasteiger partial charge in [-0.25, -0.2) is 9.37 Å². The molecule has 0 radical (unpaired) electrons. The minimum atomic E-state index is -0.388. The maximum Gasteiger partial charge on any atom is 0.226 e. The number of nitrogens with zero attached hydrogens (tertiary/aromatic N) is 3. The molecule has 0 aliphatic heterocycles. The van der Waals surface area contributed by atoms with Gasteiger partial charge in [-0.3, -0.25) is 0 Å². The van der Waals surface area contributed by atoms with Crippen LogP contribution in [0.2, 0.25) is 5.28 Å². The number of aryl methyl sites for hydroxylation is 1. The minimum absolute atomic E-state index is 0. The van der Waals surface area contributed by atoms with Gasteiger partial charge in [0.1, 0.15) is 11.5 Å². The summed E-state index contributed by atoms with van der Waals surface area (Å²) in [5.74, 6) is -0.326.